The molecule has 0 bridgehead atoms. The minimum atomic E-state index is -4.44. The van der Waals surface area contributed by atoms with Crippen molar-refractivity contribution in [3.63, 3.8) is 0 Å². The van der Waals surface area contributed by atoms with Crippen LogP contribution in [0.1, 0.15) is 16.2 Å². The molecule has 0 radical (unpaired) electrons. The van der Waals surface area contributed by atoms with E-state index in [1.165, 1.54) is 18.3 Å². The maximum atomic E-state index is 12.5. The van der Waals surface area contributed by atoms with Crippen molar-refractivity contribution in [2.24, 2.45) is 0 Å². The van der Waals surface area contributed by atoms with E-state index >= 15 is 0 Å². The third-order valence-electron chi connectivity index (χ3n) is 2.28. The summed E-state index contributed by atoms with van der Waals surface area (Å²) in [7, 11) is 0. The molecule has 18 heavy (non-hydrogen) atoms. The Bertz CT molecular complexity index is 590. The smallest absolute Gasteiger partial charge is 0.416 e. The number of rotatable bonds is 2. The number of alkyl halides is 3. The maximum Gasteiger partial charge on any atom is 0.416 e. The number of nitrogens with zero attached hydrogens (tertiary/aromatic N) is 1. The van der Waals surface area contributed by atoms with Gasteiger partial charge in [-0.05, 0) is 12.1 Å². The molecule has 2 aromatic rings. The zero-order chi connectivity index (χ0) is 13.3. The van der Waals surface area contributed by atoms with Crippen LogP contribution in [-0.2, 0) is 6.18 Å². The van der Waals surface area contributed by atoms with Gasteiger partial charge in [-0.1, -0.05) is 12.1 Å². The van der Waals surface area contributed by atoms with E-state index in [1.54, 1.807) is 0 Å². The molecule has 2 N–H and O–H groups in total. The molecule has 0 saturated carbocycles. The zero-order valence-electron chi connectivity index (χ0n) is 8.82. The van der Waals surface area contributed by atoms with Gasteiger partial charge >= 0.3 is 12.1 Å². The number of benzene rings is 1. The Hall–Kier alpha value is -2.31. The Morgan fingerprint density at radius 3 is 2.61 bits per heavy atom. The molecule has 0 aliphatic carbocycles. The van der Waals surface area contributed by atoms with Gasteiger partial charge in [-0.2, -0.15) is 13.2 Å². The largest absolute Gasteiger partial charge is 0.475 e. The minimum absolute atomic E-state index is 0.221. The first kappa shape index (κ1) is 12.2. The van der Waals surface area contributed by atoms with Crippen LogP contribution < -0.4 is 0 Å². The number of carbonyl (C=O) groups is 1. The molecule has 7 heteroatoms. The molecule has 0 spiro atoms. The maximum absolute atomic E-state index is 12.5. The number of aromatic amines is 1. The number of hydrogen-bond donors (Lipinski definition) is 2. The summed E-state index contributed by atoms with van der Waals surface area (Å²) < 4.78 is 37.5. The highest BCUT2D eigenvalue weighted by atomic mass is 19.4. The number of nitrogens with one attached hydrogen (secondary N) is 1. The number of imidazole rings is 1. The van der Waals surface area contributed by atoms with Gasteiger partial charge in [-0.25, -0.2) is 9.78 Å². The van der Waals surface area contributed by atoms with E-state index in [4.69, 9.17) is 5.11 Å². The highest BCUT2D eigenvalue weighted by Gasteiger charge is 2.30. The molecule has 1 heterocycles. The molecule has 0 amide bonds. The lowest BCUT2D eigenvalue weighted by molar-refractivity contribution is -0.137. The first-order chi connectivity index (χ1) is 8.38. The van der Waals surface area contributed by atoms with Crippen LogP contribution in [0.4, 0.5) is 13.2 Å². The number of carboxylic acid groups (broad SMARTS) is 1. The van der Waals surface area contributed by atoms with Crippen molar-refractivity contribution in [2.45, 2.75) is 6.18 Å². The first-order valence-corrected chi connectivity index (χ1v) is 4.84. The van der Waals surface area contributed by atoms with E-state index in [2.05, 4.69) is 9.97 Å². The minimum Gasteiger partial charge on any atom is -0.475 e. The average molecular weight is 256 g/mol. The van der Waals surface area contributed by atoms with E-state index in [0.29, 0.717) is 0 Å². The first-order valence-electron chi connectivity index (χ1n) is 4.84. The predicted octanol–water partition coefficient (Wildman–Crippen LogP) is 2.79. The Morgan fingerprint density at radius 1 is 1.33 bits per heavy atom. The molecule has 0 aliphatic heterocycles. The van der Waals surface area contributed by atoms with Crippen molar-refractivity contribution >= 4 is 5.97 Å². The van der Waals surface area contributed by atoms with E-state index in [0.717, 1.165) is 12.1 Å². The van der Waals surface area contributed by atoms with Gasteiger partial charge in [-0.15, -0.1) is 0 Å². The lowest BCUT2D eigenvalue weighted by Crippen LogP contribution is -2.04. The summed E-state index contributed by atoms with van der Waals surface area (Å²) in [5.41, 5.74) is -0.352. The topological polar surface area (TPSA) is 66.0 Å². The van der Waals surface area contributed by atoms with Gasteiger partial charge in [0.1, 0.15) is 0 Å². The second kappa shape index (κ2) is 4.17. The van der Waals surface area contributed by atoms with Crippen molar-refractivity contribution < 1.29 is 23.1 Å². The molecular formula is C11H7F3N2O2. The van der Waals surface area contributed by atoms with Gasteiger partial charge in [0.25, 0.3) is 0 Å². The van der Waals surface area contributed by atoms with Gasteiger partial charge < -0.3 is 10.1 Å². The van der Waals surface area contributed by atoms with Gasteiger partial charge in [0.2, 0.25) is 5.82 Å². The fourth-order valence-electron chi connectivity index (χ4n) is 1.44. The Labute approximate surface area is 99.1 Å². The zero-order valence-corrected chi connectivity index (χ0v) is 8.82. The van der Waals surface area contributed by atoms with Crippen LogP contribution in [0, 0.1) is 0 Å². The highest BCUT2D eigenvalue weighted by Crippen LogP contribution is 2.31. The fourth-order valence-corrected chi connectivity index (χ4v) is 1.44. The third kappa shape index (κ3) is 2.34. The highest BCUT2D eigenvalue weighted by molar-refractivity contribution is 5.84. The van der Waals surface area contributed by atoms with Crippen LogP contribution in [0.25, 0.3) is 11.3 Å². The van der Waals surface area contributed by atoms with Crippen LogP contribution in [-0.4, -0.2) is 21.0 Å². The van der Waals surface area contributed by atoms with Crippen molar-refractivity contribution in [3.05, 3.63) is 41.9 Å². The molecule has 0 saturated heterocycles. The van der Waals surface area contributed by atoms with Crippen LogP contribution in [0.15, 0.2) is 30.5 Å². The van der Waals surface area contributed by atoms with E-state index < -0.39 is 17.7 Å². The number of aromatic carboxylic acids is 1. The number of H-pyrrole nitrogens is 1. The molecule has 1 aromatic heterocycles. The van der Waals surface area contributed by atoms with Crippen LogP contribution in [0.5, 0.6) is 0 Å². The van der Waals surface area contributed by atoms with Crippen molar-refractivity contribution in [2.75, 3.05) is 0 Å². The summed E-state index contributed by atoms with van der Waals surface area (Å²) in [5, 5.41) is 8.66. The molecule has 0 atom stereocenters. The molecule has 0 unspecified atom stereocenters. The van der Waals surface area contributed by atoms with Gasteiger partial charge in [0.15, 0.2) is 0 Å². The summed E-state index contributed by atoms with van der Waals surface area (Å²) in [4.78, 5) is 16.6. The normalized spacial score (nSPS) is 11.5. The summed E-state index contributed by atoms with van der Waals surface area (Å²) in [6.07, 6.45) is -3.26. The molecule has 2 rings (SSSR count). The summed E-state index contributed by atoms with van der Waals surface area (Å²) in [6.45, 7) is 0. The number of carboxylic acids is 1. The lowest BCUT2D eigenvalue weighted by Gasteiger charge is -2.07. The van der Waals surface area contributed by atoms with E-state index in [-0.39, 0.29) is 17.1 Å². The Kier molecular flexibility index (Phi) is 2.82. The molecule has 0 fully saturated rings. The quantitative estimate of drug-likeness (QED) is 0.868. The van der Waals surface area contributed by atoms with Crippen molar-refractivity contribution in [1.29, 1.82) is 0 Å². The number of halogens is 3. The number of aromatic nitrogens is 2. The van der Waals surface area contributed by atoms with Crippen molar-refractivity contribution in [3.8, 4) is 11.3 Å². The fraction of sp³-hybridized carbons (Fsp3) is 0.0909. The summed E-state index contributed by atoms with van der Waals surface area (Å²) in [6, 6.07) is 4.56. The molecule has 4 nitrogen and oxygen atoms in total. The van der Waals surface area contributed by atoms with Crippen LogP contribution >= 0.6 is 0 Å². The Balaban J connectivity index is 2.41. The molecule has 1 aromatic carbocycles. The van der Waals surface area contributed by atoms with Gasteiger partial charge in [0.05, 0.1) is 17.5 Å². The predicted molar refractivity (Wildman–Crippen MR) is 56.0 cm³/mol. The second-order valence-electron chi connectivity index (χ2n) is 3.53. The number of hydrogen-bond acceptors (Lipinski definition) is 2. The standard InChI is InChI=1S/C11H7F3N2O2/c12-11(13,14)7-3-1-2-6(4-7)8-5-15-9(16-8)10(17)18/h1-5H,(H,15,16)(H,17,18). The lowest BCUT2D eigenvalue weighted by atomic mass is 10.1. The van der Waals surface area contributed by atoms with Crippen LogP contribution in [0.2, 0.25) is 0 Å². The van der Waals surface area contributed by atoms with E-state index in [9.17, 15) is 18.0 Å². The monoisotopic (exact) mass is 256 g/mol. The van der Waals surface area contributed by atoms with Crippen LogP contribution in [0.3, 0.4) is 0 Å². The summed E-state index contributed by atoms with van der Waals surface area (Å²) >= 11 is 0. The van der Waals surface area contributed by atoms with Gasteiger partial charge in [0, 0.05) is 5.56 Å². The SMILES string of the molecule is O=C(O)c1ncc(-c2cccc(C(F)(F)F)c2)[nH]1. The Morgan fingerprint density at radius 2 is 2.06 bits per heavy atom. The molecule has 0 aliphatic rings. The third-order valence-corrected chi connectivity index (χ3v) is 2.28. The molecule has 94 valence electrons. The van der Waals surface area contributed by atoms with Crippen molar-refractivity contribution in [1.82, 2.24) is 9.97 Å². The van der Waals surface area contributed by atoms with Gasteiger partial charge in [-0.3, -0.25) is 0 Å². The average Bonchev–Trinajstić information content (AvgIpc) is 2.77. The molecular weight excluding hydrogens is 249 g/mol. The second-order valence-corrected chi connectivity index (χ2v) is 3.53. The summed E-state index contributed by atoms with van der Waals surface area (Å²) in [5.74, 6) is -1.59. The van der Waals surface area contributed by atoms with E-state index in [1.807, 2.05) is 0 Å².